The maximum Gasteiger partial charge on any atom is 0.234 e. The van der Waals surface area contributed by atoms with Gasteiger partial charge in [-0.05, 0) is 36.4 Å². The van der Waals surface area contributed by atoms with E-state index in [0.717, 1.165) is 11.0 Å². The zero-order valence-corrected chi connectivity index (χ0v) is 11.1. The third kappa shape index (κ3) is 3.96. The standard InChI is InChI=1S/C14H11F2NO2S/c15-9-1-6-13(12(16)7-9)17-14(19)8-20-11-4-2-10(18)3-5-11/h1-7,18H,8H2,(H,17,19). The SMILES string of the molecule is O=C(CSc1ccc(O)cc1)Nc1ccc(F)cc1F. The van der Waals surface area contributed by atoms with Crippen LogP contribution in [0.25, 0.3) is 0 Å². The Morgan fingerprint density at radius 3 is 2.50 bits per heavy atom. The van der Waals surface area contributed by atoms with Gasteiger partial charge in [-0.2, -0.15) is 0 Å². The Morgan fingerprint density at radius 2 is 1.85 bits per heavy atom. The second-order valence-corrected chi connectivity index (χ2v) is 5.00. The molecule has 2 aromatic rings. The van der Waals surface area contributed by atoms with Crippen LogP contribution in [-0.2, 0) is 4.79 Å². The Hall–Kier alpha value is -2.08. The van der Waals surface area contributed by atoms with Crippen molar-refractivity contribution in [2.45, 2.75) is 4.90 Å². The smallest absolute Gasteiger partial charge is 0.234 e. The van der Waals surface area contributed by atoms with Crippen molar-refractivity contribution in [3.8, 4) is 5.75 Å². The summed E-state index contributed by atoms with van der Waals surface area (Å²) in [5, 5.41) is 11.5. The third-order valence-electron chi connectivity index (χ3n) is 2.41. The molecule has 0 unspecified atom stereocenters. The number of hydrogen-bond donors (Lipinski definition) is 2. The molecule has 2 N–H and O–H groups in total. The van der Waals surface area contributed by atoms with Gasteiger partial charge in [0.15, 0.2) is 0 Å². The van der Waals surface area contributed by atoms with E-state index in [2.05, 4.69) is 5.32 Å². The summed E-state index contributed by atoms with van der Waals surface area (Å²) < 4.78 is 26.0. The van der Waals surface area contributed by atoms with Crippen molar-refractivity contribution >= 4 is 23.4 Å². The van der Waals surface area contributed by atoms with E-state index in [1.165, 1.54) is 30.0 Å². The second kappa shape index (κ2) is 6.38. The van der Waals surface area contributed by atoms with Crippen molar-refractivity contribution in [1.29, 1.82) is 0 Å². The van der Waals surface area contributed by atoms with Crippen molar-refractivity contribution in [2.24, 2.45) is 0 Å². The third-order valence-corrected chi connectivity index (χ3v) is 3.42. The van der Waals surface area contributed by atoms with Crippen LogP contribution in [0.15, 0.2) is 47.4 Å². The summed E-state index contributed by atoms with van der Waals surface area (Å²) >= 11 is 1.25. The number of hydrogen-bond acceptors (Lipinski definition) is 3. The average Bonchev–Trinajstić information content (AvgIpc) is 2.41. The van der Waals surface area contributed by atoms with Gasteiger partial charge in [-0.1, -0.05) is 0 Å². The van der Waals surface area contributed by atoms with Crippen LogP contribution in [0.1, 0.15) is 0 Å². The molecule has 0 bridgehead atoms. The van der Waals surface area contributed by atoms with Crippen molar-refractivity contribution in [3.63, 3.8) is 0 Å². The molecule has 0 aromatic heterocycles. The summed E-state index contributed by atoms with van der Waals surface area (Å²) in [6.45, 7) is 0. The molecule has 0 atom stereocenters. The first-order valence-electron chi connectivity index (χ1n) is 5.71. The minimum Gasteiger partial charge on any atom is -0.508 e. The van der Waals surface area contributed by atoms with E-state index in [1.807, 2.05) is 0 Å². The highest BCUT2D eigenvalue weighted by molar-refractivity contribution is 8.00. The number of carbonyl (C=O) groups is 1. The van der Waals surface area contributed by atoms with Gasteiger partial charge in [0.2, 0.25) is 5.91 Å². The fourth-order valence-electron chi connectivity index (χ4n) is 1.47. The number of nitrogens with one attached hydrogen (secondary N) is 1. The molecule has 6 heteroatoms. The molecule has 0 saturated carbocycles. The number of halogens is 2. The van der Waals surface area contributed by atoms with Gasteiger partial charge >= 0.3 is 0 Å². The van der Waals surface area contributed by atoms with Gasteiger partial charge in [-0.25, -0.2) is 8.78 Å². The number of rotatable bonds is 4. The molecular formula is C14H11F2NO2S. The molecule has 104 valence electrons. The first-order chi connectivity index (χ1) is 9.54. The normalized spacial score (nSPS) is 10.3. The molecule has 2 aromatic carbocycles. The molecule has 0 saturated heterocycles. The maximum atomic E-state index is 13.3. The van der Waals surface area contributed by atoms with E-state index >= 15 is 0 Å². The zero-order chi connectivity index (χ0) is 14.5. The predicted molar refractivity (Wildman–Crippen MR) is 73.8 cm³/mol. The first kappa shape index (κ1) is 14.3. The Kier molecular flexibility index (Phi) is 4.57. The number of phenols is 1. The average molecular weight is 295 g/mol. The van der Waals surface area contributed by atoms with Crippen LogP contribution in [-0.4, -0.2) is 16.8 Å². The molecular weight excluding hydrogens is 284 g/mol. The van der Waals surface area contributed by atoms with Gasteiger partial charge in [0.25, 0.3) is 0 Å². The molecule has 0 aliphatic rings. The summed E-state index contributed by atoms with van der Waals surface area (Å²) in [5.41, 5.74) is -0.0530. The molecule has 0 fully saturated rings. The second-order valence-electron chi connectivity index (χ2n) is 3.95. The number of anilines is 1. The van der Waals surface area contributed by atoms with E-state index < -0.39 is 17.5 Å². The number of amides is 1. The highest BCUT2D eigenvalue weighted by atomic mass is 32.2. The molecule has 20 heavy (non-hydrogen) atoms. The number of phenolic OH excluding ortho intramolecular Hbond substituents is 1. The van der Waals surface area contributed by atoms with E-state index in [0.29, 0.717) is 6.07 Å². The van der Waals surface area contributed by atoms with Gasteiger partial charge < -0.3 is 10.4 Å². The first-order valence-corrected chi connectivity index (χ1v) is 6.70. The Bertz CT molecular complexity index is 617. The van der Waals surface area contributed by atoms with Gasteiger partial charge in [0, 0.05) is 11.0 Å². The molecule has 0 aliphatic heterocycles. The van der Waals surface area contributed by atoms with Crippen molar-refractivity contribution in [1.82, 2.24) is 0 Å². The van der Waals surface area contributed by atoms with E-state index in [-0.39, 0.29) is 17.2 Å². The lowest BCUT2D eigenvalue weighted by Gasteiger charge is -2.06. The van der Waals surface area contributed by atoms with Gasteiger partial charge in [-0.3, -0.25) is 4.79 Å². The molecule has 3 nitrogen and oxygen atoms in total. The molecule has 2 rings (SSSR count). The van der Waals surface area contributed by atoms with Crippen molar-refractivity contribution < 1.29 is 18.7 Å². The fourth-order valence-corrected chi connectivity index (χ4v) is 2.17. The highest BCUT2D eigenvalue weighted by Crippen LogP contribution is 2.21. The highest BCUT2D eigenvalue weighted by Gasteiger charge is 2.08. The topological polar surface area (TPSA) is 49.3 Å². The monoisotopic (exact) mass is 295 g/mol. The molecule has 0 radical (unpaired) electrons. The van der Waals surface area contributed by atoms with E-state index in [1.54, 1.807) is 12.1 Å². The van der Waals surface area contributed by atoms with Crippen LogP contribution >= 0.6 is 11.8 Å². The molecule has 0 heterocycles. The van der Waals surface area contributed by atoms with Crippen molar-refractivity contribution in [2.75, 3.05) is 11.1 Å². The summed E-state index contributed by atoms with van der Waals surface area (Å²) in [5.74, 6) is -1.67. The van der Waals surface area contributed by atoms with Crippen LogP contribution in [0.5, 0.6) is 5.75 Å². The van der Waals surface area contributed by atoms with Crippen LogP contribution in [0.4, 0.5) is 14.5 Å². The number of thioether (sulfide) groups is 1. The Balaban J connectivity index is 1.90. The maximum absolute atomic E-state index is 13.3. The van der Waals surface area contributed by atoms with Gasteiger partial charge in [0.05, 0.1) is 11.4 Å². The Labute approximate surface area is 118 Å². The van der Waals surface area contributed by atoms with Crippen LogP contribution in [0, 0.1) is 11.6 Å². The minimum absolute atomic E-state index is 0.0530. The largest absolute Gasteiger partial charge is 0.508 e. The minimum atomic E-state index is -0.812. The predicted octanol–water partition coefficient (Wildman–Crippen LogP) is 3.40. The lowest BCUT2D eigenvalue weighted by Crippen LogP contribution is -2.15. The fraction of sp³-hybridized carbons (Fsp3) is 0.0714. The van der Waals surface area contributed by atoms with Gasteiger partial charge in [0.1, 0.15) is 17.4 Å². The summed E-state index contributed by atoms with van der Waals surface area (Å²) in [7, 11) is 0. The zero-order valence-electron chi connectivity index (χ0n) is 10.3. The lowest BCUT2D eigenvalue weighted by atomic mass is 10.3. The van der Waals surface area contributed by atoms with Crippen LogP contribution in [0.3, 0.4) is 0 Å². The molecule has 1 amide bonds. The van der Waals surface area contributed by atoms with Gasteiger partial charge in [-0.15, -0.1) is 11.8 Å². The van der Waals surface area contributed by atoms with E-state index in [4.69, 9.17) is 5.11 Å². The van der Waals surface area contributed by atoms with Crippen LogP contribution < -0.4 is 5.32 Å². The number of carbonyl (C=O) groups excluding carboxylic acids is 1. The summed E-state index contributed by atoms with van der Waals surface area (Å²) in [6, 6.07) is 9.33. The lowest BCUT2D eigenvalue weighted by molar-refractivity contribution is -0.113. The number of aromatic hydroxyl groups is 1. The number of benzene rings is 2. The quantitative estimate of drug-likeness (QED) is 0.850. The summed E-state index contributed by atoms with van der Waals surface area (Å²) in [4.78, 5) is 12.5. The summed E-state index contributed by atoms with van der Waals surface area (Å²) in [6.07, 6.45) is 0. The Morgan fingerprint density at radius 1 is 1.15 bits per heavy atom. The van der Waals surface area contributed by atoms with Crippen LogP contribution in [0.2, 0.25) is 0 Å². The van der Waals surface area contributed by atoms with E-state index in [9.17, 15) is 13.6 Å². The van der Waals surface area contributed by atoms with Crippen molar-refractivity contribution in [3.05, 3.63) is 54.1 Å². The molecule has 0 spiro atoms. The molecule has 0 aliphatic carbocycles.